The predicted octanol–water partition coefficient (Wildman–Crippen LogP) is 3.52. The summed E-state index contributed by atoms with van der Waals surface area (Å²) in [7, 11) is 1.63. The van der Waals surface area contributed by atoms with Crippen molar-refractivity contribution in [2.75, 3.05) is 7.11 Å². The molecule has 0 radical (unpaired) electrons. The number of ether oxygens (including phenoxy) is 1. The Bertz CT molecular complexity index is 470. The first-order chi connectivity index (χ1) is 9.29. The van der Waals surface area contributed by atoms with Crippen LogP contribution in [0.15, 0.2) is 27.2 Å². The Kier molecular flexibility index (Phi) is 6.64. The average molecular weight is 361 g/mol. The van der Waals surface area contributed by atoms with Crippen LogP contribution < -0.4 is 0 Å². The second-order valence-corrected chi connectivity index (χ2v) is 8.03. The van der Waals surface area contributed by atoms with Crippen molar-refractivity contribution in [2.45, 2.75) is 45.0 Å². The summed E-state index contributed by atoms with van der Waals surface area (Å²) in [5, 5.41) is 0. The first-order valence-corrected chi connectivity index (χ1v) is 8.35. The summed E-state index contributed by atoms with van der Waals surface area (Å²) in [6.45, 7) is 7.69. The maximum absolute atomic E-state index is 12.3. The van der Waals surface area contributed by atoms with Crippen LogP contribution in [0.2, 0.25) is 0 Å². The fourth-order valence-electron chi connectivity index (χ4n) is 1.52. The molecule has 6 heteroatoms. The molecule has 0 N–H and O–H groups in total. The van der Waals surface area contributed by atoms with E-state index in [4.69, 9.17) is 4.74 Å². The first-order valence-electron chi connectivity index (χ1n) is 6.46. The monoisotopic (exact) mass is 360 g/mol. The maximum atomic E-state index is 12.3. The highest BCUT2D eigenvalue weighted by molar-refractivity contribution is 9.10. The van der Waals surface area contributed by atoms with E-state index in [1.165, 1.54) is 0 Å². The summed E-state index contributed by atoms with van der Waals surface area (Å²) < 4.78 is 22.4. The van der Waals surface area contributed by atoms with Gasteiger partial charge in [0.05, 0.1) is 5.69 Å². The number of nitrogens with zero attached hydrogens (tertiary/aromatic N) is 2. The minimum atomic E-state index is -1.35. The van der Waals surface area contributed by atoms with Crippen molar-refractivity contribution >= 4 is 33.0 Å². The second kappa shape index (κ2) is 7.54. The SMILES string of the molecule is CCC(OC)C(=N[S+]([O-])C(C)(C)C)c1cccc(Br)n1. The van der Waals surface area contributed by atoms with Crippen LogP contribution in [0.5, 0.6) is 0 Å². The highest BCUT2D eigenvalue weighted by atomic mass is 79.9. The van der Waals surface area contributed by atoms with E-state index in [9.17, 15) is 4.55 Å². The highest BCUT2D eigenvalue weighted by Gasteiger charge is 2.29. The lowest BCUT2D eigenvalue weighted by molar-refractivity contribution is 0.153. The van der Waals surface area contributed by atoms with Gasteiger partial charge in [0.15, 0.2) is 0 Å². The number of aromatic nitrogens is 1. The third-order valence-corrected chi connectivity index (χ3v) is 4.49. The average Bonchev–Trinajstić information content (AvgIpc) is 2.37. The summed E-state index contributed by atoms with van der Waals surface area (Å²) >= 11 is 2.00. The molecule has 0 aliphatic heterocycles. The van der Waals surface area contributed by atoms with E-state index in [1.54, 1.807) is 7.11 Å². The Morgan fingerprint density at radius 1 is 1.50 bits per heavy atom. The molecule has 1 aromatic rings. The van der Waals surface area contributed by atoms with Crippen molar-refractivity contribution in [3.63, 3.8) is 0 Å². The van der Waals surface area contributed by atoms with E-state index in [1.807, 2.05) is 45.9 Å². The summed E-state index contributed by atoms with van der Waals surface area (Å²) in [6.07, 6.45) is 0.522. The number of halogens is 1. The molecular formula is C14H21BrN2O2S. The van der Waals surface area contributed by atoms with Crippen molar-refractivity contribution in [1.82, 2.24) is 4.98 Å². The molecule has 0 saturated heterocycles. The molecule has 4 nitrogen and oxygen atoms in total. The quantitative estimate of drug-likeness (QED) is 0.458. The van der Waals surface area contributed by atoms with Gasteiger partial charge < -0.3 is 9.29 Å². The number of hydrogen-bond acceptors (Lipinski definition) is 4. The van der Waals surface area contributed by atoms with Crippen LogP contribution in [0.3, 0.4) is 0 Å². The second-order valence-electron chi connectivity index (χ2n) is 5.32. The summed E-state index contributed by atoms with van der Waals surface area (Å²) in [5.74, 6) is 0. The Labute approximate surface area is 132 Å². The van der Waals surface area contributed by atoms with Crippen LogP contribution in [0.1, 0.15) is 39.8 Å². The van der Waals surface area contributed by atoms with Crippen molar-refractivity contribution in [2.24, 2.45) is 4.40 Å². The molecular weight excluding hydrogens is 340 g/mol. The molecule has 1 aromatic heterocycles. The fourth-order valence-corrected chi connectivity index (χ4v) is 2.53. The summed E-state index contributed by atoms with van der Waals surface area (Å²) in [6, 6.07) is 5.57. The zero-order valence-electron chi connectivity index (χ0n) is 12.5. The molecule has 112 valence electrons. The molecule has 2 atom stereocenters. The number of pyridine rings is 1. The number of rotatable bonds is 5. The molecule has 0 fully saturated rings. The highest BCUT2D eigenvalue weighted by Crippen LogP contribution is 2.20. The van der Waals surface area contributed by atoms with E-state index in [0.717, 1.165) is 11.0 Å². The van der Waals surface area contributed by atoms with Gasteiger partial charge in [0, 0.05) is 7.11 Å². The minimum Gasteiger partial charge on any atom is -0.591 e. The fraction of sp³-hybridized carbons (Fsp3) is 0.571. The van der Waals surface area contributed by atoms with Gasteiger partial charge in [-0.3, -0.25) is 0 Å². The Balaban J connectivity index is 3.25. The molecule has 1 heterocycles. The predicted molar refractivity (Wildman–Crippen MR) is 87.5 cm³/mol. The lowest BCUT2D eigenvalue weighted by Crippen LogP contribution is -2.31. The molecule has 0 bridgehead atoms. The van der Waals surface area contributed by atoms with Crippen LogP contribution in [0.25, 0.3) is 0 Å². The van der Waals surface area contributed by atoms with Crippen molar-refractivity contribution in [1.29, 1.82) is 0 Å². The zero-order chi connectivity index (χ0) is 15.3. The van der Waals surface area contributed by atoms with Gasteiger partial charge in [0.2, 0.25) is 0 Å². The minimum absolute atomic E-state index is 0.219. The number of hydrogen-bond donors (Lipinski definition) is 0. The normalized spacial score (nSPS) is 16.1. The van der Waals surface area contributed by atoms with E-state index >= 15 is 0 Å². The van der Waals surface area contributed by atoms with Gasteiger partial charge in [-0.25, -0.2) is 4.98 Å². The third kappa shape index (κ3) is 4.84. The largest absolute Gasteiger partial charge is 0.591 e. The molecule has 20 heavy (non-hydrogen) atoms. The van der Waals surface area contributed by atoms with Gasteiger partial charge in [-0.2, -0.15) is 0 Å². The lowest BCUT2D eigenvalue weighted by atomic mass is 10.1. The van der Waals surface area contributed by atoms with Gasteiger partial charge >= 0.3 is 0 Å². The van der Waals surface area contributed by atoms with E-state index in [-0.39, 0.29) is 6.10 Å². The van der Waals surface area contributed by atoms with Gasteiger partial charge in [0.1, 0.15) is 32.5 Å². The van der Waals surface area contributed by atoms with Crippen molar-refractivity contribution < 1.29 is 9.29 Å². The summed E-state index contributed by atoms with van der Waals surface area (Å²) in [4.78, 5) is 4.40. The van der Waals surface area contributed by atoms with Crippen molar-refractivity contribution in [3.8, 4) is 0 Å². The van der Waals surface area contributed by atoms with Crippen LogP contribution >= 0.6 is 15.9 Å². The van der Waals surface area contributed by atoms with Crippen LogP contribution in [-0.4, -0.2) is 33.2 Å². The van der Waals surface area contributed by atoms with Gasteiger partial charge in [-0.05, 0) is 55.3 Å². The molecule has 0 saturated carbocycles. The molecule has 0 amide bonds. The Morgan fingerprint density at radius 3 is 2.60 bits per heavy atom. The molecule has 1 rings (SSSR count). The maximum Gasteiger partial charge on any atom is 0.146 e. The standard InChI is InChI=1S/C14H21BrN2O2S/c1-6-11(19-5)13(17-20(18)14(2,3)4)10-8-7-9-12(15)16-10/h7-9,11H,6H2,1-5H3. The zero-order valence-corrected chi connectivity index (χ0v) is 14.9. The Morgan fingerprint density at radius 2 is 2.15 bits per heavy atom. The molecule has 0 aliphatic rings. The van der Waals surface area contributed by atoms with Crippen LogP contribution in [0.4, 0.5) is 0 Å². The first kappa shape index (κ1) is 17.6. The topological polar surface area (TPSA) is 57.5 Å². The molecule has 2 unspecified atom stereocenters. The van der Waals surface area contributed by atoms with Crippen molar-refractivity contribution in [3.05, 3.63) is 28.5 Å². The molecule has 0 aromatic carbocycles. The van der Waals surface area contributed by atoms with Gasteiger partial charge in [-0.1, -0.05) is 17.4 Å². The Hall–Kier alpha value is -0.430. The van der Waals surface area contributed by atoms with E-state index in [2.05, 4.69) is 25.3 Å². The smallest absolute Gasteiger partial charge is 0.146 e. The van der Waals surface area contributed by atoms with Gasteiger partial charge in [0.25, 0.3) is 0 Å². The van der Waals surface area contributed by atoms with Gasteiger partial charge in [-0.15, -0.1) is 0 Å². The van der Waals surface area contributed by atoms with E-state index < -0.39 is 16.1 Å². The van der Waals surface area contributed by atoms with E-state index in [0.29, 0.717) is 11.4 Å². The molecule has 0 aliphatic carbocycles. The van der Waals surface area contributed by atoms with Crippen LogP contribution in [0, 0.1) is 0 Å². The van der Waals surface area contributed by atoms with Crippen LogP contribution in [-0.2, 0) is 16.1 Å². The molecule has 0 spiro atoms. The lowest BCUT2D eigenvalue weighted by Gasteiger charge is -2.21. The number of methoxy groups -OCH3 is 1. The summed E-state index contributed by atoms with van der Waals surface area (Å²) in [5.41, 5.74) is 1.32. The third-order valence-electron chi connectivity index (χ3n) is 2.64.